The fourth-order valence-electron chi connectivity index (χ4n) is 5.11. The maximum absolute atomic E-state index is 7.24. The molecule has 4 nitrogen and oxygen atoms in total. The largest absolute Gasteiger partial charge is 0.400 e. The zero-order chi connectivity index (χ0) is 26.5. The molecule has 1 aliphatic rings. The van der Waals surface area contributed by atoms with Crippen molar-refractivity contribution in [2.75, 3.05) is 0 Å². The number of rotatable bonds is 12. The zero-order valence-electron chi connectivity index (χ0n) is 22.5. The average Bonchev–Trinajstić information content (AvgIpc) is 2.92. The summed E-state index contributed by atoms with van der Waals surface area (Å²) in [7, 11) is -3.93. The molecular weight excluding hydrogens is 612 g/mol. The van der Waals surface area contributed by atoms with E-state index < -0.39 is 27.8 Å². The van der Waals surface area contributed by atoms with Gasteiger partial charge in [-0.2, -0.15) is 0 Å². The quantitative estimate of drug-likeness (QED) is 0.130. The van der Waals surface area contributed by atoms with Crippen molar-refractivity contribution in [2.45, 2.75) is 89.0 Å². The van der Waals surface area contributed by atoms with E-state index in [1.807, 2.05) is 24.5 Å². The Morgan fingerprint density at radius 1 is 0.583 bits per heavy atom. The highest BCUT2D eigenvalue weighted by molar-refractivity contribution is 9.10. The maximum Gasteiger partial charge on any atom is 0.194 e. The second-order valence-corrected chi connectivity index (χ2v) is 20.7. The van der Waals surface area contributed by atoms with E-state index in [1.165, 1.54) is 0 Å². The van der Waals surface area contributed by atoms with Gasteiger partial charge < -0.3 is 8.85 Å². The number of hydrogen-bond acceptors (Lipinski definition) is 4. The highest BCUT2D eigenvalue weighted by atomic mass is 79.9. The van der Waals surface area contributed by atoms with E-state index in [9.17, 15) is 0 Å². The Morgan fingerprint density at radius 3 is 1.11 bits per heavy atom. The zero-order valence-corrected chi connectivity index (χ0v) is 27.7. The van der Waals surface area contributed by atoms with Gasteiger partial charge in [0.2, 0.25) is 0 Å². The third kappa shape index (κ3) is 6.04. The molecule has 0 spiro atoms. The van der Waals surface area contributed by atoms with Gasteiger partial charge in [0.1, 0.15) is 20.4 Å². The van der Waals surface area contributed by atoms with Crippen LogP contribution in [-0.4, -0.2) is 26.6 Å². The van der Waals surface area contributed by atoms with Crippen molar-refractivity contribution >= 4 is 48.5 Å². The number of aromatic nitrogens is 2. The summed E-state index contributed by atoms with van der Waals surface area (Å²) in [6, 6.07) is 14.7. The molecule has 2 aromatic rings. The lowest BCUT2D eigenvalue weighted by Gasteiger charge is -2.45. The van der Waals surface area contributed by atoms with Crippen molar-refractivity contribution in [2.24, 2.45) is 0 Å². The Hall–Kier alpha value is -0.906. The summed E-state index contributed by atoms with van der Waals surface area (Å²) in [5.41, 5.74) is 0.731. The van der Waals surface area contributed by atoms with Crippen LogP contribution in [0.1, 0.15) is 52.7 Å². The Morgan fingerprint density at radius 2 is 0.889 bits per heavy atom. The Labute approximate surface area is 236 Å². The summed E-state index contributed by atoms with van der Waals surface area (Å²) in [5.74, 6) is 0. The molecule has 36 heavy (non-hydrogen) atoms. The standard InChI is InChI=1S/C28H40Br2N2O2Si2/c1-7-35(8-2,9-3)33-27(23-13-15-25(29)31-21-23)17-19-28(20-18-27,24-14-16-26(30)32-22-24)34-36(10-4,11-5)12-6/h13-22H,7-12H2,1-6H3. The van der Waals surface area contributed by atoms with Crippen molar-refractivity contribution < 1.29 is 8.85 Å². The minimum Gasteiger partial charge on any atom is -0.400 e. The molecule has 2 heterocycles. The predicted molar refractivity (Wildman–Crippen MR) is 162 cm³/mol. The van der Waals surface area contributed by atoms with Crippen molar-refractivity contribution in [1.82, 2.24) is 9.97 Å². The molecule has 0 aliphatic heterocycles. The van der Waals surface area contributed by atoms with Crippen molar-refractivity contribution in [3.8, 4) is 0 Å². The monoisotopic (exact) mass is 650 g/mol. The second kappa shape index (κ2) is 12.3. The van der Waals surface area contributed by atoms with Crippen molar-refractivity contribution in [3.63, 3.8) is 0 Å². The third-order valence-electron chi connectivity index (χ3n) is 8.15. The SMILES string of the molecule is CC[Si](CC)(CC)OC1(c2ccc(Br)nc2)C=CC(O[Si](CC)(CC)CC)(c2ccc(Br)nc2)C=C1. The van der Waals surface area contributed by atoms with Crippen LogP contribution in [0, 0.1) is 0 Å². The molecule has 0 bridgehead atoms. The fraction of sp³-hybridized carbons (Fsp3) is 0.500. The van der Waals surface area contributed by atoms with Crippen LogP contribution in [0.15, 0.2) is 70.2 Å². The van der Waals surface area contributed by atoms with Crippen LogP contribution in [0.3, 0.4) is 0 Å². The summed E-state index contributed by atoms with van der Waals surface area (Å²) in [5, 5.41) is 0. The van der Waals surface area contributed by atoms with Crippen LogP contribution in [0.25, 0.3) is 0 Å². The van der Waals surface area contributed by atoms with E-state index in [1.54, 1.807) is 0 Å². The van der Waals surface area contributed by atoms with Gasteiger partial charge in [-0.3, -0.25) is 0 Å². The summed E-state index contributed by atoms with van der Waals surface area (Å²) >= 11 is 6.99. The Bertz CT molecular complexity index is 936. The summed E-state index contributed by atoms with van der Waals surface area (Å²) in [6.45, 7) is 13.6. The van der Waals surface area contributed by atoms with Gasteiger partial charge in [-0.25, -0.2) is 9.97 Å². The lowest BCUT2D eigenvalue weighted by atomic mass is 9.82. The van der Waals surface area contributed by atoms with Crippen LogP contribution in [0.5, 0.6) is 0 Å². The number of hydrogen-bond donors (Lipinski definition) is 0. The Balaban J connectivity index is 2.18. The molecule has 0 radical (unpaired) electrons. The molecule has 0 amide bonds. The van der Waals surface area contributed by atoms with Gasteiger partial charge in [-0.1, -0.05) is 53.7 Å². The first-order chi connectivity index (χ1) is 17.2. The van der Waals surface area contributed by atoms with Gasteiger partial charge >= 0.3 is 0 Å². The maximum atomic E-state index is 7.24. The molecule has 0 fully saturated rings. The molecule has 0 atom stereocenters. The minimum absolute atomic E-state index is 0.674. The van der Waals surface area contributed by atoms with Crippen LogP contribution in [0.4, 0.5) is 0 Å². The first-order valence-electron chi connectivity index (χ1n) is 13.2. The van der Waals surface area contributed by atoms with Crippen LogP contribution >= 0.6 is 31.9 Å². The first kappa shape index (κ1) is 29.6. The van der Waals surface area contributed by atoms with E-state index in [0.717, 1.165) is 56.6 Å². The molecule has 0 N–H and O–H groups in total. The third-order valence-corrected chi connectivity index (χ3v) is 18.4. The van der Waals surface area contributed by atoms with E-state index in [0.29, 0.717) is 0 Å². The highest BCUT2D eigenvalue weighted by Crippen LogP contribution is 2.45. The number of halogens is 2. The predicted octanol–water partition coefficient (Wildman–Crippen LogP) is 9.26. The van der Waals surface area contributed by atoms with E-state index in [4.69, 9.17) is 8.85 Å². The first-order valence-corrected chi connectivity index (χ1v) is 19.9. The van der Waals surface area contributed by atoms with E-state index in [2.05, 4.69) is 120 Å². The van der Waals surface area contributed by atoms with E-state index in [-0.39, 0.29) is 0 Å². The normalized spacial score (nSPS) is 22.2. The smallest absolute Gasteiger partial charge is 0.194 e. The molecule has 0 saturated carbocycles. The van der Waals surface area contributed by atoms with Crippen LogP contribution < -0.4 is 0 Å². The van der Waals surface area contributed by atoms with Crippen molar-refractivity contribution in [1.29, 1.82) is 0 Å². The molecule has 196 valence electrons. The van der Waals surface area contributed by atoms with Crippen molar-refractivity contribution in [3.05, 3.63) is 81.3 Å². The lowest BCUT2D eigenvalue weighted by Crippen LogP contribution is -2.48. The molecule has 0 saturated heterocycles. The Kier molecular flexibility index (Phi) is 10.1. The highest BCUT2D eigenvalue weighted by Gasteiger charge is 2.46. The molecule has 1 aliphatic carbocycles. The summed E-state index contributed by atoms with van der Waals surface area (Å²) < 4.78 is 16.1. The molecule has 0 unspecified atom stereocenters. The lowest BCUT2D eigenvalue weighted by molar-refractivity contribution is 0.121. The summed E-state index contributed by atoms with van der Waals surface area (Å²) in [6.07, 6.45) is 12.8. The minimum atomic E-state index is -1.97. The summed E-state index contributed by atoms with van der Waals surface area (Å²) in [4.78, 5) is 9.11. The molecule has 3 rings (SSSR count). The van der Waals surface area contributed by atoms with Gasteiger partial charge in [-0.05, 0) is 105 Å². The number of pyridine rings is 2. The fourth-order valence-corrected chi connectivity index (χ4v) is 11.4. The molecule has 8 heteroatoms. The second-order valence-electron chi connectivity index (χ2n) is 9.68. The van der Waals surface area contributed by atoms with Gasteiger partial charge in [0.25, 0.3) is 0 Å². The van der Waals surface area contributed by atoms with Crippen LogP contribution in [0.2, 0.25) is 36.3 Å². The van der Waals surface area contributed by atoms with Gasteiger partial charge in [0.05, 0.1) is 0 Å². The number of nitrogens with zero attached hydrogens (tertiary/aromatic N) is 2. The van der Waals surface area contributed by atoms with Gasteiger partial charge in [0, 0.05) is 23.5 Å². The van der Waals surface area contributed by atoms with Gasteiger partial charge in [-0.15, -0.1) is 0 Å². The van der Waals surface area contributed by atoms with Crippen LogP contribution in [-0.2, 0) is 20.1 Å². The average molecular weight is 653 g/mol. The van der Waals surface area contributed by atoms with Gasteiger partial charge in [0.15, 0.2) is 16.6 Å². The topological polar surface area (TPSA) is 44.2 Å². The molecule has 0 aromatic carbocycles. The van der Waals surface area contributed by atoms with E-state index >= 15 is 0 Å². The molecular formula is C28H40Br2N2O2Si2. The molecule has 2 aromatic heterocycles.